The van der Waals surface area contributed by atoms with Gasteiger partial charge in [0.1, 0.15) is 0 Å². The Labute approximate surface area is 70.9 Å². The molecule has 0 unspecified atom stereocenters. The highest BCUT2D eigenvalue weighted by molar-refractivity contribution is 5.03. The Morgan fingerprint density at radius 1 is 1.36 bits per heavy atom. The van der Waals surface area contributed by atoms with E-state index < -0.39 is 0 Å². The molecule has 0 saturated heterocycles. The number of nitrogens with one attached hydrogen (secondary N) is 1. The van der Waals surface area contributed by atoms with E-state index in [1.54, 1.807) is 5.57 Å². The van der Waals surface area contributed by atoms with Gasteiger partial charge in [-0.05, 0) is 26.3 Å². The van der Waals surface area contributed by atoms with E-state index in [0.29, 0.717) is 0 Å². The SMILES string of the molecule is CC/C=C(\CCCC)CNC. The van der Waals surface area contributed by atoms with E-state index in [1.165, 1.54) is 25.7 Å². The highest BCUT2D eigenvalue weighted by Crippen LogP contribution is 2.06. The third-order valence-electron chi connectivity index (χ3n) is 1.75. The van der Waals surface area contributed by atoms with Gasteiger partial charge in [0.05, 0.1) is 0 Å². The van der Waals surface area contributed by atoms with Crippen LogP contribution in [0.2, 0.25) is 0 Å². The lowest BCUT2D eigenvalue weighted by Gasteiger charge is -2.04. The van der Waals surface area contributed by atoms with E-state index in [0.717, 1.165) is 6.54 Å². The van der Waals surface area contributed by atoms with Crippen LogP contribution in [0.5, 0.6) is 0 Å². The van der Waals surface area contributed by atoms with Gasteiger partial charge >= 0.3 is 0 Å². The molecular weight excluding hydrogens is 134 g/mol. The Morgan fingerprint density at radius 2 is 2.09 bits per heavy atom. The molecule has 0 aliphatic heterocycles. The van der Waals surface area contributed by atoms with E-state index in [9.17, 15) is 0 Å². The van der Waals surface area contributed by atoms with Gasteiger partial charge in [0.25, 0.3) is 0 Å². The summed E-state index contributed by atoms with van der Waals surface area (Å²) in [5.41, 5.74) is 1.57. The van der Waals surface area contributed by atoms with Crippen molar-refractivity contribution in [3.63, 3.8) is 0 Å². The van der Waals surface area contributed by atoms with Gasteiger partial charge < -0.3 is 5.32 Å². The van der Waals surface area contributed by atoms with Crippen LogP contribution in [0, 0.1) is 0 Å². The minimum atomic E-state index is 1.06. The monoisotopic (exact) mass is 155 g/mol. The van der Waals surface area contributed by atoms with Crippen molar-refractivity contribution in [2.24, 2.45) is 0 Å². The first-order valence-corrected chi connectivity index (χ1v) is 4.67. The summed E-state index contributed by atoms with van der Waals surface area (Å²) < 4.78 is 0. The van der Waals surface area contributed by atoms with E-state index in [4.69, 9.17) is 0 Å². The normalized spacial score (nSPS) is 12.1. The first-order chi connectivity index (χ1) is 5.35. The van der Waals surface area contributed by atoms with Crippen LogP contribution in [0.15, 0.2) is 11.6 Å². The molecule has 0 aliphatic rings. The molecule has 0 aromatic rings. The number of allylic oxidation sites excluding steroid dienone is 1. The molecule has 0 atom stereocenters. The molecule has 11 heavy (non-hydrogen) atoms. The second-order valence-electron chi connectivity index (χ2n) is 2.90. The van der Waals surface area contributed by atoms with E-state index >= 15 is 0 Å². The fraction of sp³-hybridized carbons (Fsp3) is 0.800. The number of hydrogen-bond acceptors (Lipinski definition) is 1. The molecule has 0 aromatic heterocycles. The molecule has 0 aromatic carbocycles. The summed E-state index contributed by atoms with van der Waals surface area (Å²) >= 11 is 0. The summed E-state index contributed by atoms with van der Waals surface area (Å²) in [6.07, 6.45) is 7.40. The van der Waals surface area contributed by atoms with Crippen LogP contribution < -0.4 is 5.32 Å². The number of unbranched alkanes of at least 4 members (excludes halogenated alkanes) is 1. The van der Waals surface area contributed by atoms with Crippen molar-refractivity contribution in [2.45, 2.75) is 39.5 Å². The van der Waals surface area contributed by atoms with Crippen molar-refractivity contribution in [3.05, 3.63) is 11.6 Å². The molecule has 0 rings (SSSR count). The van der Waals surface area contributed by atoms with Crippen LogP contribution in [0.1, 0.15) is 39.5 Å². The minimum absolute atomic E-state index is 1.06. The van der Waals surface area contributed by atoms with Crippen LogP contribution in [-0.2, 0) is 0 Å². The molecule has 1 nitrogen and oxygen atoms in total. The molecule has 1 N–H and O–H groups in total. The molecular formula is C10H21N. The van der Waals surface area contributed by atoms with Crippen molar-refractivity contribution < 1.29 is 0 Å². The van der Waals surface area contributed by atoms with Crippen LogP contribution in [0.25, 0.3) is 0 Å². The quantitative estimate of drug-likeness (QED) is 0.582. The Balaban J connectivity index is 3.60. The Kier molecular flexibility index (Phi) is 7.59. The molecule has 0 amide bonds. The standard InChI is InChI=1S/C10H21N/c1-4-6-8-10(7-5-2)9-11-3/h7,11H,4-6,8-9H2,1-3H3/b10-7+. The van der Waals surface area contributed by atoms with Gasteiger partial charge in [0.2, 0.25) is 0 Å². The molecule has 0 heterocycles. The van der Waals surface area contributed by atoms with Crippen molar-refractivity contribution >= 4 is 0 Å². The zero-order valence-electron chi connectivity index (χ0n) is 8.11. The van der Waals surface area contributed by atoms with Crippen molar-refractivity contribution in [1.29, 1.82) is 0 Å². The number of likely N-dealkylation sites (N-methyl/N-ethyl adjacent to an activating group) is 1. The predicted octanol–water partition coefficient (Wildman–Crippen LogP) is 2.73. The molecule has 0 spiro atoms. The highest BCUT2D eigenvalue weighted by Gasteiger charge is 1.93. The molecule has 0 saturated carbocycles. The molecule has 0 radical (unpaired) electrons. The topological polar surface area (TPSA) is 12.0 Å². The van der Waals surface area contributed by atoms with Crippen LogP contribution >= 0.6 is 0 Å². The number of rotatable bonds is 6. The maximum Gasteiger partial charge on any atom is 0.0161 e. The summed E-state index contributed by atoms with van der Waals surface area (Å²) in [6.45, 7) is 5.50. The van der Waals surface area contributed by atoms with Gasteiger partial charge in [-0.1, -0.05) is 31.9 Å². The fourth-order valence-electron chi connectivity index (χ4n) is 1.18. The molecule has 1 heteroatoms. The lowest BCUT2D eigenvalue weighted by molar-refractivity contribution is 0.740. The lowest BCUT2D eigenvalue weighted by atomic mass is 10.1. The largest absolute Gasteiger partial charge is 0.316 e. The van der Waals surface area contributed by atoms with E-state index in [-0.39, 0.29) is 0 Å². The molecule has 0 aliphatic carbocycles. The third-order valence-corrected chi connectivity index (χ3v) is 1.75. The maximum atomic E-state index is 3.19. The van der Waals surface area contributed by atoms with Crippen molar-refractivity contribution in [3.8, 4) is 0 Å². The smallest absolute Gasteiger partial charge is 0.0161 e. The van der Waals surface area contributed by atoms with Crippen LogP contribution in [-0.4, -0.2) is 13.6 Å². The zero-order chi connectivity index (χ0) is 8.53. The van der Waals surface area contributed by atoms with E-state index in [2.05, 4.69) is 25.2 Å². The van der Waals surface area contributed by atoms with Gasteiger partial charge in [-0.25, -0.2) is 0 Å². The lowest BCUT2D eigenvalue weighted by Crippen LogP contribution is -2.10. The van der Waals surface area contributed by atoms with Crippen molar-refractivity contribution in [2.75, 3.05) is 13.6 Å². The molecule has 66 valence electrons. The third kappa shape index (κ3) is 6.11. The Bertz CT molecular complexity index is 105. The Morgan fingerprint density at radius 3 is 2.55 bits per heavy atom. The van der Waals surface area contributed by atoms with Gasteiger partial charge in [-0.2, -0.15) is 0 Å². The summed E-state index contributed by atoms with van der Waals surface area (Å²) in [6, 6.07) is 0. The van der Waals surface area contributed by atoms with Gasteiger partial charge in [-0.15, -0.1) is 0 Å². The Hall–Kier alpha value is -0.300. The molecule has 0 fully saturated rings. The fourth-order valence-corrected chi connectivity index (χ4v) is 1.18. The maximum absolute atomic E-state index is 3.19. The highest BCUT2D eigenvalue weighted by atomic mass is 14.8. The second kappa shape index (κ2) is 7.80. The minimum Gasteiger partial charge on any atom is -0.316 e. The van der Waals surface area contributed by atoms with E-state index in [1.807, 2.05) is 7.05 Å². The summed E-state index contributed by atoms with van der Waals surface area (Å²) in [4.78, 5) is 0. The average Bonchev–Trinajstić information content (AvgIpc) is 2.01. The van der Waals surface area contributed by atoms with Gasteiger partial charge in [-0.3, -0.25) is 0 Å². The van der Waals surface area contributed by atoms with Crippen molar-refractivity contribution in [1.82, 2.24) is 5.32 Å². The summed E-state index contributed by atoms with van der Waals surface area (Å²) in [7, 11) is 2.01. The zero-order valence-corrected chi connectivity index (χ0v) is 8.11. The van der Waals surface area contributed by atoms with Crippen LogP contribution in [0.4, 0.5) is 0 Å². The predicted molar refractivity (Wildman–Crippen MR) is 51.8 cm³/mol. The second-order valence-corrected chi connectivity index (χ2v) is 2.90. The van der Waals surface area contributed by atoms with Gasteiger partial charge in [0.15, 0.2) is 0 Å². The summed E-state index contributed by atoms with van der Waals surface area (Å²) in [5, 5.41) is 3.19. The number of hydrogen-bond donors (Lipinski definition) is 1. The molecule has 0 bridgehead atoms. The van der Waals surface area contributed by atoms with Crippen LogP contribution in [0.3, 0.4) is 0 Å². The first kappa shape index (κ1) is 10.7. The summed E-state index contributed by atoms with van der Waals surface area (Å²) in [5.74, 6) is 0. The average molecular weight is 155 g/mol. The van der Waals surface area contributed by atoms with Gasteiger partial charge in [0, 0.05) is 6.54 Å². The first-order valence-electron chi connectivity index (χ1n) is 4.67.